The minimum Gasteiger partial charge on any atom is -0.354 e. The molecule has 1 amide bonds. The first-order chi connectivity index (χ1) is 12.9. The predicted molar refractivity (Wildman–Crippen MR) is 94.7 cm³/mol. The lowest BCUT2D eigenvalue weighted by Gasteiger charge is -2.18. The Morgan fingerprint density at radius 1 is 1.19 bits per heavy atom. The first kappa shape index (κ1) is 17.7. The number of rotatable bonds is 3. The van der Waals surface area contributed by atoms with Crippen LogP contribution in [0.4, 0.5) is 19.0 Å². The molecule has 140 valence electrons. The molecule has 4 rings (SSSR count). The van der Waals surface area contributed by atoms with Crippen LogP contribution in [0.5, 0.6) is 0 Å². The number of anilines is 1. The fraction of sp³-hybridized carbons (Fsp3) is 0.294. The second-order valence-electron chi connectivity index (χ2n) is 6.28. The molecule has 0 aliphatic carbocycles. The van der Waals surface area contributed by atoms with Crippen LogP contribution in [0.2, 0.25) is 0 Å². The van der Waals surface area contributed by atoms with Crippen LogP contribution in [0, 0.1) is 0 Å². The number of alkyl halides is 3. The Hall–Kier alpha value is -2.75. The molecule has 3 heterocycles. The largest absolute Gasteiger partial charge is 0.417 e. The molecule has 0 radical (unpaired) electrons. The van der Waals surface area contributed by atoms with Crippen molar-refractivity contribution in [3.63, 3.8) is 0 Å². The van der Waals surface area contributed by atoms with Crippen LogP contribution >= 0.6 is 11.7 Å². The third-order valence-electron chi connectivity index (χ3n) is 4.44. The highest BCUT2D eigenvalue weighted by Crippen LogP contribution is 2.30. The summed E-state index contributed by atoms with van der Waals surface area (Å²) in [7, 11) is 0. The summed E-state index contributed by atoms with van der Waals surface area (Å²) >= 11 is 1.09. The molecular formula is C17H14F3N5OS. The maximum Gasteiger partial charge on any atom is 0.417 e. The van der Waals surface area contributed by atoms with Gasteiger partial charge >= 0.3 is 6.18 Å². The topological polar surface area (TPSA) is 71.0 Å². The summed E-state index contributed by atoms with van der Waals surface area (Å²) in [6, 6.07) is 7.41. The van der Waals surface area contributed by atoms with Crippen molar-refractivity contribution in [1.29, 1.82) is 0 Å². The number of halogens is 3. The maximum absolute atomic E-state index is 12.6. The van der Waals surface area contributed by atoms with Gasteiger partial charge in [0.05, 0.1) is 17.3 Å². The monoisotopic (exact) mass is 393 g/mol. The summed E-state index contributed by atoms with van der Waals surface area (Å²) in [6.07, 6.45) is -2.88. The van der Waals surface area contributed by atoms with Gasteiger partial charge in [0.2, 0.25) is 0 Å². The maximum atomic E-state index is 12.6. The molecule has 27 heavy (non-hydrogen) atoms. The number of benzene rings is 1. The Balaban J connectivity index is 1.39. The molecule has 1 aromatic carbocycles. The van der Waals surface area contributed by atoms with E-state index in [1.165, 1.54) is 6.07 Å². The molecular weight excluding hydrogens is 379 g/mol. The second-order valence-corrected chi connectivity index (χ2v) is 6.80. The molecule has 2 aromatic heterocycles. The number of nitrogens with one attached hydrogen (secondary N) is 1. The number of carbonyl (C=O) groups excluding carboxylic acids is 1. The lowest BCUT2D eigenvalue weighted by molar-refractivity contribution is -0.137. The van der Waals surface area contributed by atoms with Crippen LogP contribution in [0.15, 0.2) is 36.5 Å². The van der Waals surface area contributed by atoms with Gasteiger partial charge in [-0.1, -0.05) is 0 Å². The van der Waals surface area contributed by atoms with Crippen molar-refractivity contribution in [2.24, 2.45) is 0 Å². The number of pyridine rings is 1. The fourth-order valence-electron chi connectivity index (χ4n) is 3.02. The van der Waals surface area contributed by atoms with E-state index in [1.54, 1.807) is 18.2 Å². The summed E-state index contributed by atoms with van der Waals surface area (Å²) < 4.78 is 46.1. The zero-order chi connectivity index (χ0) is 19.0. The van der Waals surface area contributed by atoms with Crippen molar-refractivity contribution in [3.05, 3.63) is 47.7 Å². The SMILES string of the molecule is O=C(N[C@@H]1CCN(c2ccc(C(F)(F)F)cn2)C1)c1ccc2nsnc2c1. The summed E-state index contributed by atoms with van der Waals surface area (Å²) in [4.78, 5) is 18.2. The second kappa shape index (κ2) is 6.76. The number of hydrogen-bond acceptors (Lipinski definition) is 6. The van der Waals surface area contributed by atoms with Gasteiger partial charge in [-0.2, -0.15) is 21.9 Å². The molecule has 1 N–H and O–H groups in total. The van der Waals surface area contributed by atoms with Gasteiger partial charge in [-0.25, -0.2) is 4.98 Å². The Morgan fingerprint density at radius 3 is 2.74 bits per heavy atom. The smallest absolute Gasteiger partial charge is 0.354 e. The molecule has 0 saturated carbocycles. The Bertz CT molecular complexity index is 973. The van der Waals surface area contributed by atoms with Gasteiger partial charge in [-0.15, -0.1) is 0 Å². The first-order valence-corrected chi connectivity index (χ1v) is 8.94. The highest BCUT2D eigenvalue weighted by Gasteiger charge is 2.31. The number of nitrogens with zero attached hydrogens (tertiary/aromatic N) is 4. The summed E-state index contributed by atoms with van der Waals surface area (Å²) in [5.74, 6) is 0.256. The first-order valence-electron chi connectivity index (χ1n) is 8.21. The molecule has 1 saturated heterocycles. The van der Waals surface area contributed by atoms with Gasteiger partial charge < -0.3 is 10.2 Å². The standard InChI is InChI=1S/C17H14F3N5OS/c18-17(19,20)11-2-4-15(21-8-11)25-6-5-12(9-25)22-16(26)10-1-3-13-14(7-10)24-27-23-13/h1-4,7-8,12H,5-6,9H2,(H,22,26)/t12-/m1/s1. The number of aromatic nitrogens is 3. The molecule has 0 spiro atoms. The minimum atomic E-state index is -4.40. The van der Waals surface area contributed by atoms with E-state index in [0.29, 0.717) is 36.4 Å². The van der Waals surface area contributed by atoms with E-state index in [2.05, 4.69) is 19.0 Å². The summed E-state index contributed by atoms with van der Waals surface area (Å²) in [5.41, 5.74) is 1.15. The molecule has 1 atom stereocenters. The van der Waals surface area contributed by atoms with Crippen LogP contribution in [-0.4, -0.2) is 38.8 Å². The van der Waals surface area contributed by atoms with Crippen LogP contribution < -0.4 is 10.2 Å². The van der Waals surface area contributed by atoms with Crippen molar-refractivity contribution < 1.29 is 18.0 Å². The van der Waals surface area contributed by atoms with E-state index >= 15 is 0 Å². The van der Waals surface area contributed by atoms with Crippen molar-refractivity contribution in [1.82, 2.24) is 19.0 Å². The van der Waals surface area contributed by atoms with Gasteiger partial charge in [0, 0.05) is 30.9 Å². The molecule has 6 nitrogen and oxygen atoms in total. The molecule has 1 aliphatic heterocycles. The molecule has 1 aliphatic rings. The Labute approximate surface area is 156 Å². The van der Waals surface area contributed by atoms with Crippen molar-refractivity contribution in [2.75, 3.05) is 18.0 Å². The van der Waals surface area contributed by atoms with E-state index in [-0.39, 0.29) is 11.9 Å². The van der Waals surface area contributed by atoms with E-state index in [9.17, 15) is 18.0 Å². The normalized spacial score (nSPS) is 17.4. The summed E-state index contributed by atoms with van der Waals surface area (Å²) in [5, 5.41) is 2.95. The number of hydrogen-bond donors (Lipinski definition) is 1. The summed E-state index contributed by atoms with van der Waals surface area (Å²) in [6.45, 7) is 1.10. The number of carbonyl (C=O) groups is 1. The van der Waals surface area contributed by atoms with Gasteiger partial charge in [-0.3, -0.25) is 4.79 Å². The van der Waals surface area contributed by atoms with Crippen LogP contribution in [-0.2, 0) is 6.18 Å². The molecule has 0 bridgehead atoms. The number of fused-ring (bicyclic) bond motifs is 1. The third kappa shape index (κ3) is 3.70. The quantitative estimate of drug-likeness (QED) is 0.740. The van der Waals surface area contributed by atoms with Gasteiger partial charge in [0.25, 0.3) is 5.91 Å². The van der Waals surface area contributed by atoms with Crippen LogP contribution in [0.3, 0.4) is 0 Å². The Kier molecular flexibility index (Phi) is 4.42. The van der Waals surface area contributed by atoms with Gasteiger partial charge in [0.15, 0.2) is 0 Å². The average molecular weight is 393 g/mol. The van der Waals surface area contributed by atoms with Gasteiger partial charge in [0.1, 0.15) is 16.9 Å². The molecule has 3 aromatic rings. The van der Waals surface area contributed by atoms with Crippen LogP contribution in [0.1, 0.15) is 22.3 Å². The van der Waals surface area contributed by atoms with Crippen molar-refractivity contribution >= 4 is 34.5 Å². The lowest BCUT2D eigenvalue weighted by atomic mass is 10.1. The average Bonchev–Trinajstić information content (AvgIpc) is 3.29. The fourth-order valence-corrected chi connectivity index (χ4v) is 3.54. The van der Waals surface area contributed by atoms with E-state index in [0.717, 1.165) is 29.5 Å². The molecule has 0 unspecified atom stereocenters. The van der Waals surface area contributed by atoms with Crippen molar-refractivity contribution in [2.45, 2.75) is 18.6 Å². The van der Waals surface area contributed by atoms with E-state index in [4.69, 9.17) is 0 Å². The zero-order valence-corrected chi connectivity index (χ0v) is 14.7. The predicted octanol–water partition coefficient (Wildman–Crippen LogP) is 3.11. The molecule has 1 fully saturated rings. The van der Waals surface area contributed by atoms with E-state index < -0.39 is 11.7 Å². The minimum absolute atomic E-state index is 0.106. The highest BCUT2D eigenvalue weighted by atomic mass is 32.1. The number of amides is 1. The zero-order valence-electron chi connectivity index (χ0n) is 13.9. The van der Waals surface area contributed by atoms with Crippen LogP contribution in [0.25, 0.3) is 11.0 Å². The molecule has 10 heteroatoms. The van der Waals surface area contributed by atoms with Gasteiger partial charge in [-0.05, 0) is 36.8 Å². The highest BCUT2D eigenvalue weighted by molar-refractivity contribution is 7.00. The Morgan fingerprint density at radius 2 is 2.00 bits per heavy atom. The lowest BCUT2D eigenvalue weighted by Crippen LogP contribution is -2.37. The third-order valence-corrected chi connectivity index (χ3v) is 5.00. The van der Waals surface area contributed by atoms with E-state index in [1.807, 2.05) is 4.90 Å². The van der Waals surface area contributed by atoms with Crippen molar-refractivity contribution in [3.8, 4) is 0 Å².